The molecule has 6 aromatic rings. The molecule has 248 valence electrons. The molecule has 0 bridgehead atoms. The summed E-state index contributed by atoms with van der Waals surface area (Å²) in [7, 11) is 1.79. The van der Waals surface area contributed by atoms with Crippen molar-refractivity contribution in [1.82, 2.24) is 0 Å². The minimum absolute atomic E-state index is 0.587. The van der Waals surface area contributed by atoms with Gasteiger partial charge in [-0.3, -0.25) is 0 Å². The van der Waals surface area contributed by atoms with Crippen LogP contribution in [-0.4, -0.2) is 7.05 Å². The van der Waals surface area contributed by atoms with Crippen LogP contribution in [0.15, 0.2) is 155 Å². The summed E-state index contributed by atoms with van der Waals surface area (Å²) in [6.07, 6.45) is -8.82. The predicted molar refractivity (Wildman–Crippen MR) is 186 cm³/mol. The molecule has 0 aliphatic rings. The van der Waals surface area contributed by atoms with Crippen LogP contribution < -0.4 is 9.80 Å². The summed E-state index contributed by atoms with van der Waals surface area (Å²) in [4.78, 5) is 5.64. The van der Waals surface area contributed by atoms with Gasteiger partial charge in [0, 0.05) is 45.3 Å². The van der Waals surface area contributed by atoms with Crippen LogP contribution >= 0.6 is 11.8 Å². The Bertz CT molecular complexity index is 1990. The van der Waals surface area contributed by atoms with E-state index >= 15 is 0 Å². The van der Waals surface area contributed by atoms with Crippen LogP contribution in [-0.2, 0) is 12.4 Å². The summed E-state index contributed by atoms with van der Waals surface area (Å²) in [5.41, 5.74) is 5.46. The van der Waals surface area contributed by atoms with E-state index < -0.39 is 23.5 Å². The maximum atomic E-state index is 13.4. The highest BCUT2D eigenvalue weighted by atomic mass is 32.2. The first-order valence-corrected chi connectivity index (χ1v) is 16.1. The van der Waals surface area contributed by atoms with E-state index in [9.17, 15) is 26.3 Å². The summed E-state index contributed by atoms with van der Waals surface area (Å²) in [5, 5.41) is 0. The second-order valence-electron chi connectivity index (χ2n) is 11.5. The molecule has 0 spiro atoms. The number of benzene rings is 6. The molecule has 0 fully saturated rings. The van der Waals surface area contributed by atoms with Crippen molar-refractivity contribution in [3.63, 3.8) is 0 Å². The summed E-state index contributed by atoms with van der Waals surface area (Å²) < 4.78 is 78.9. The van der Waals surface area contributed by atoms with Crippen LogP contribution in [0.25, 0.3) is 11.1 Å². The van der Waals surface area contributed by atoms with Crippen molar-refractivity contribution in [2.75, 3.05) is 16.8 Å². The molecule has 9 heteroatoms. The molecular formula is C40H30F6N2S. The van der Waals surface area contributed by atoms with Crippen LogP contribution in [0.2, 0.25) is 0 Å². The minimum Gasteiger partial charge on any atom is -0.345 e. The van der Waals surface area contributed by atoms with Gasteiger partial charge < -0.3 is 9.80 Å². The zero-order chi connectivity index (χ0) is 34.8. The highest BCUT2D eigenvalue weighted by Crippen LogP contribution is 2.40. The van der Waals surface area contributed by atoms with Crippen LogP contribution in [0.3, 0.4) is 0 Å². The summed E-state index contributed by atoms with van der Waals surface area (Å²) in [6, 6.07) is 41.7. The molecule has 2 nitrogen and oxygen atoms in total. The number of nitrogens with zero attached hydrogens (tertiary/aromatic N) is 2. The van der Waals surface area contributed by atoms with Crippen molar-refractivity contribution in [3.8, 4) is 11.1 Å². The van der Waals surface area contributed by atoms with E-state index in [4.69, 9.17) is 0 Å². The van der Waals surface area contributed by atoms with E-state index in [0.29, 0.717) is 11.4 Å². The molecule has 0 saturated heterocycles. The summed E-state index contributed by atoms with van der Waals surface area (Å²) in [5.74, 6) is 0. The zero-order valence-corrected chi connectivity index (χ0v) is 27.2. The molecule has 49 heavy (non-hydrogen) atoms. The summed E-state index contributed by atoms with van der Waals surface area (Å²) in [6.45, 7) is 2.03. The van der Waals surface area contributed by atoms with Gasteiger partial charge in [-0.25, -0.2) is 0 Å². The third kappa shape index (κ3) is 7.95. The molecule has 0 saturated carbocycles. The molecule has 0 atom stereocenters. The van der Waals surface area contributed by atoms with Gasteiger partial charge in [-0.1, -0.05) is 53.7 Å². The second kappa shape index (κ2) is 13.8. The van der Waals surface area contributed by atoms with Crippen molar-refractivity contribution in [2.24, 2.45) is 0 Å². The molecule has 0 unspecified atom stereocenters. The third-order valence-electron chi connectivity index (χ3n) is 8.10. The van der Waals surface area contributed by atoms with Crippen LogP contribution in [0.1, 0.15) is 16.7 Å². The standard InChI is InChI=1S/C40H30F6N2S/c1-27-3-5-28(6-4-27)29-7-13-34(14-8-29)48(35-17-11-31(12-18-35)40(44,45)46)36-21-25-38(26-22-36)49-37-23-19-33(20-24-37)47(2)32-15-9-30(10-16-32)39(41,42)43/h3-26H,1-2H3. The first-order valence-electron chi connectivity index (χ1n) is 15.3. The Morgan fingerprint density at radius 3 is 1.10 bits per heavy atom. The molecular weight excluding hydrogens is 655 g/mol. The molecule has 0 aromatic heterocycles. The molecule has 0 radical (unpaired) electrons. The minimum atomic E-state index is -4.44. The number of hydrogen-bond donors (Lipinski definition) is 0. The van der Waals surface area contributed by atoms with Crippen molar-refractivity contribution in [2.45, 2.75) is 29.1 Å². The van der Waals surface area contributed by atoms with Crippen LogP contribution in [0, 0.1) is 6.92 Å². The molecule has 0 aliphatic carbocycles. The highest BCUT2D eigenvalue weighted by Gasteiger charge is 2.31. The number of halogens is 6. The fourth-order valence-electron chi connectivity index (χ4n) is 5.36. The third-order valence-corrected chi connectivity index (χ3v) is 9.12. The lowest BCUT2D eigenvalue weighted by Crippen LogP contribution is -2.11. The number of anilines is 5. The molecule has 6 aromatic carbocycles. The fraction of sp³-hybridized carbons (Fsp3) is 0.100. The molecule has 6 rings (SSSR count). The average molecular weight is 685 g/mol. The van der Waals surface area contributed by atoms with Crippen molar-refractivity contribution >= 4 is 40.2 Å². The quantitative estimate of drug-likeness (QED) is 0.147. The molecule has 0 aliphatic heterocycles. The fourth-order valence-corrected chi connectivity index (χ4v) is 6.17. The van der Waals surface area contributed by atoms with E-state index in [1.54, 1.807) is 7.05 Å². The number of rotatable bonds is 8. The number of hydrogen-bond acceptors (Lipinski definition) is 3. The lowest BCUT2D eigenvalue weighted by Gasteiger charge is -2.26. The van der Waals surface area contributed by atoms with E-state index in [-0.39, 0.29) is 0 Å². The van der Waals surface area contributed by atoms with Crippen molar-refractivity contribution in [1.29, 1.82) is 0 Å². The maximum Gasteiger partial charge on any atom is 0.416 e. The van der Waals surface area contributed by atoms with Gasteiger partial charge in [-0.05, 0) is 127 Å². The van der Waals surface area contributed by atoms with Gasteiger partial charge in [0.2, 0.25) is 0 Å². The second-order valence-corrected chi connectivity index (χ2v) is 12.6. The first kappa shape index (κ1) is 33.7. The molecule has 0 heterocycles. The zero-order valence-electron chi connectivity index (χ0n) is 26.4. The van der Waals surface area contributed by atoms with E-state index in [1.807, 2.05) is 102 Å². The van der Waals surface area contributed by atoms with Gasteiger partial charge in [0.25, 0.3) is 0 Å². The van der Waals surface area contributed by atoms with Gasteiger partial charge in [0.1, 0.15) is 0 Å². The Balaban J connectivity index is 1.22. The topological polar surface area (TPSA) is 6.48 Å². The van der Waals surface area contributed by atoms with Crippen molar-refractivity contribution in [3.05, 3.63) is 162 Å². The normalized spacial score (nSPS) is 11.8. The first-order chi connectivity index (χ1) is 23.3. The van der Waals surface area contributed by atoms with Gasteiger partial charge in [-0.2, -0.15) is 26.3 Å². The Kier molecular flexibility index (Phi) is 9.48. The largest absolute Gasteiger partial charge is 0.416 e. The van der Waals surface area contributed by atoms with Gasteiger partial charge >= 0.3 is 12.4 Å². The summed E-state index contributed by atoms with van der Waals surface area (Å²) >= 11 is 1.54. The van der Waals surface area contributed by atoms with Gasteiger partial charge in [0.05, 0.1) is 11.1 Å². The van der Waals surface area contributed by atoms with Gasteiger partial charge in [0.15, 0.2) is 0 Å². The molecule has 0 N–H and O–H groups in total. The predicted octanol–water partition coefficient (Wildman–Crippen LogP) is 13.1. The Morgan fingerprint density at radius 1 is 0.408 bits per heavy atom. The van der Waals surface area contributed by atoms with Crippen LogP contribution in [0.4, 0.5) is 54.8 Å². The Hall–Kier alpha value is -5.15. The number of alkyl halides is 6. The average Bonchev–Trinajstić information content (AvgIpc) is 3.09. The van der Waals surface area contributed by atoms with E-state index in [2.05, 4.69) is 12.1 Å². The van der Waals surface area contributed by atoms with Gasteiger partial charge in [-0.15, -0.1) is 0 Å². The monoisotopic (exact) mass is 684 g/mol. The van der Waals surface area contributed by atoms with Crippen LogP contribution in [0.5, 0.6) is 0 Å². The maximum absolute atomic E-state index is 13.4. The molecule has 0 amide bonds. The Labute approximate surface area is 285 Å². The van der Waals surface area contributed by atoms with E-state index in [0.717, 1.165) is 67.8 Å². The SMILES string of the molecule is Cc1ccc(-c2ccc(N(c3ccc(Sc4ccc(N(C)c5ccc(C(F)(F)F)cc5)cc4)cc3)c3ccc(C(F)(F)F)cc3)cc2)cc1. The Morgan fingerprint density at radius 2 is 0.714 bits per heavy atom. The van der Waals surface area contributed by atoms with Crippen molar-refractivity contribution < 1.29 is 26.3 Å². The van der Waals surface area contributed by atoms with E-state index in [1.165, 1.54) is 36.0 Å². The highest BCUT2D eigenvalue weighted by molar-refractivity contribution is 7.99. The number of aryl methyl sites for hydroxylation is 1. The lowest BCUT2D eigenvalue weighted by atomic mass is 10.0. The lowest BCUT2D eigenvalue weighted by molar-refractivity contribution is -0.138. The smallest absolute Gasteiger partial charge is 0.345 e.